The fourth-order valence-electron chi connectivity index (χ4n) is 7.55. The Morgan fingerprint density at radius 2 is 1.86 bits per heavy atom. The number of rotatable bonds is 1. The van der Waals surface area contributed by atoms with E-state index in [2.05, 4.69) is 26.8 Å². The minimum absolute atomic E-state index is 0.310. The zero-order valence-electron chi connectivity index (χ0n) is 14.1. The second-order valence-corrected chi connectivity index (χ2v) is 9.58. The predicted octanol–water partition coefficient (Wildman–Crippen LogP) is 4.95. The zero-order chi connectivity index (χ0) is 14.9. The van der Waals surface area contributed by atoms with Gasteiger partial charge in [-0.05, 0) is 84.5 Å². The lowest BCUT2D eigenvalue weighted by molar-refractivity contribution is -0.133. The molecule has 0 amide bonds. The van der Waals surface area contributed by atoms with E-state index in [9.17, 15) is 5.11 Å². The van der Waals surface area contributed by atoms with Gasteiger partial charge in [0.05, 0.1) is 6.61 Å². The van der Waals surface area contributed by atoms with Crippen LogP contribution in [0.3, 0.4) is 0 Å². The maximum Gasteiger partial charge on any atom is 0.0644 e. The standard InChI is InChI=1S/C20H32O/c1-18(2)8-4-9-19(3)16(18)7-10-20-11-14(5-6-17(19)20)15(12-20)13-21/h12,14,16-17,21H,4-11,13H2,1-3H3/t14-,16-,17+,19-,20+/m0/s1. The first-order chi connectivity index (χ1) is 9.91. The Labute approximate surface area is 130 Å². The van der Waals surface area contributed by atoms with Gasteiger partial charge in [-0.1, -0.05) is 33.3 Å². The summed E-state index contributed by atoms with van der Waals surface area (Å²) in [5, 5.41) is 9.71. The lowest BCUT2D eigenvalue weighted by atomic mass is 9.41. The third-order valence-electron chi connectivity index (χ3n) is 8.27. The summed E-state index contributed by atoms with van der Waals surface area (Å²) >= 11 is 0. The Balaban J connectivity index is 1.74. The van der Waals surface area contributed by atoms with Crippen molar-refractivity contribution in [3.8, 4) is 0 Å². The molecule has 0 heterocycles. The highest BCUT2D eigenvalue weighted by Crippen LogP contribution is 2.70. The first-order valence-electron chi connectivity index (χ1n) is 9.24. The van der Waals surface area contributed by atoms with E-state index < -0.39 is 0 Å². The van der Waals surface area contributed by atoms with Gasteiger partial charge < -0.3 is 5.11 Å². The van der Waals surface area contributed by atoms with Crippen LogP contribution >= 0.6 is 0 Å². The van der Waals surface area contributed by atoms with E-state index in [0.717, 1.165) is 11.8 Å². The van der Waals surface area contributed by atoms with Crippen molar-refractivity contribution >= 4 is 0 Å². The van der Waals surface area contributed by atoms with E-state index in [-0.39, 0.29) is 0 Å². The summed E-state index contributed by atoms with van der Waals surface area (Å²) in [6.45, 7) is 8.00. The molecule has 0 saturated heterocycles. The summed E-state index contributed by atoms with van der Waals surface area (Å²) in [6.07, 6.45) is 13.8. The Kier molecular flexibility index (Phi) is 2.98. The van der Waals surface area contributed by atoms with Crippen LogP contribution in [0.4, 0.5) is 0 Å². The highest BCUT2D eigenvalue weighted by molar-refractivity contribution is 5.28. The number of hydrogen-bond acceptors (Lipinski definition) is 1. The molecule has 118 valence electrons. The largest absolute Gasteiger partial charge is 0.392 e. The van der Waals surface area contributed by atoms with Crippen molar-refractivity contribution < 1.29 is 5.11 Å². The predicted molar refractivity (Wildman–Crippen MR) is 86.9 cm³/mol. The van der Waals surface area contributed by atoms with Gasteiger partial charge in [0.25, 0.3) is 0 Å². The van der Waals surface area contributed by atoms with Crippen molar-refractivity contribution in [2.75, 3.05) is 6.61 Å². The maximum absolute atomic E-state index is 9.71. The normalized spacial score (nSPS) is 51.0. The fraction of sp³-hybridized carbons (Fsp3) is 0.900. The van der Waals surface area contributed by atoms with E-state index in [4.69, 9.17) is 0 Å². The molecule has 1 nitrogen and oxygen atoms in total. The van der Waals surface area contributed by atoms with Crippen LogP contribution in [0.15, 0.2) is 11.6 Å². The third kappa shape index (κ3) is 1.79. The number of allylic oxidation sites excluding steroid dienone is 1. The van der Waals surface area contributed by atoms with Crippen LogP contribution in [-0.4, -0.2) is 11.7 Å². The Morgan fingerprint density at radius 1 is 1.05 bits per heavy atom. The number of hydrogen-bond donors (Lipinski definition) is 1. The second-order valence-electron chi connectivity index (χ2n) is 9.58. The SMILES string of the molecule is CC1(C)CCC[C@@]2(C)[C@H]1CC[C@@]13C=C(CO)[C@@H](CC[C@@H]12)C3. The third-order valence-corrected chi connectivity index (χ3v) is 8.27. The molecule has 3 fully saturated rings. The van der Waals surface area contributed by atoms with Crippen molar-refractivity contribution in [2.45, 2.75) is 72.1 Å². The molecule has 4 aliphatic carbocycles. The summed E-state index contributed by atoms with van der Waals surface area (Å²) in [5.41, 5.74) is 2.93. The van der Waals surface area contributed by atoms with Gasteiger partial charge in [-0.2, -0.15) is 0 Å². The molecule has 4 rings (SSSR count). The van der Waals surface area contributed by atoms with Crippen LogP contribution in [0.5, 0.6) is 0 Å². The second kappa shape index (κ2) is 4.37. The number of aliphatic hydroxyl groups is 1. The van der Waals surface area contributed by atoms with Gasteiger partial charge in [-0.15, -0.1) is 0 Å². The minimum atomic E-state index is 0.310. The molecule has 1 heteroatoms. The Morgan fingerprint density at radius 3 is 2.62 bits per heavy atom. The van der Waals surface area contributed by atoms with Crippen LogP contribution in [0.1, 0.15) is 72.1 Å². The highest BCUT2D eigenvalue weighted by Gasteiger charge is 2.61. The molecule has 0 aliphatic heterocycles. The lowest BCUT2D eigenvalue weighted by Gasteiger charge is -2.63. The minimum Gasteiger partial charge on any atom is -0.392 e. The summed E-state index contributed by atoms with van der Waals surface area (Å²) < 4.78 is 0. The van der Waals surface area contributed by atoms with Crippen molar-refractivity contribution in [2.24, 2.45) is 34.0 Å². The summed E-state index contributed by atoms with van der Waals surface area (Å²) in [4.78, 5) is 0. The molecular weight excluding hydrogens is 256 g/mol. The average molecular weight is 288 g/mol. The smallest absolute Gasteiger partial charge is 0.0644 e. The van der Waals surface area contributed by atoms with E-state index in [1.54, 1.807) is 0 Å². The molecule has 2 bridgehead atoms. The molecule has 5 atom stereocenters. The topological polar surface area (TPSA) is 20.2 Å². The Hall–Kier alpha value is -0.300. The molecule has 3 saturated carbocycles. The van der Waals surface area contributed by atoms with E-state index >= 15 is 0 Å². The molecule has 21 heavy (non-hydrogen) atoms. The molecule has 0 unspecified atom stereocenters. The first-order valence-corrected chi connectivity index (χ1v) is 9.24. The molecule has 0 aromatic rings. The first kappa shape index (κ1) is 14.3. The van der Waals surface area contributed by atoms with Crippen LogP contribution in [0.2, 0.25) is 0 Å². The van der Waals surface area contributed by atoms with Crippen LogP contribution in [0, 0.1) is 34.0 Å². The summed E-state index contributed by atoms with van der Waals surface area (Å²) in [6, 6.07) is 0. The summed E-state index contributed by atoms with van der Waals surface area (Å²) in [5.74, 6) is 2.50. The van der Waals surface area contributed by atoms with Crippen molar-refractivity contribution in [1.29, 1.82) is 0 Å². The Bertz CT molecular complexity index is 476. The van der Waals surface area contributed by atoms with E-state index in [1.165, 1.54) is 56.9 Å². The highest BCUT2D eigenvalue weighted by atomic mass is 16.3. The number of fused-ring (bicyclic) bond motifs is 3. The fourth-order valence-corrected chi connectivity index (χ4v) is 7.55. The van der Waals surface area contributed by atoms with Gasteiger partial charge in [0.15, 0.2) is 0 Å². The van der Waals surface area contributed by atoms with Gasteiger partial charge in [0.2, 0.25) is 0 Å². The molecule has 0 radical (unpaired) electrons. The monoisotopic (exact) mass is 288 g/mol. The zero-order valence-corrected chi connectivity index (χ0v) is 14.1. The molecule has 1 spiro atoms. The number of aliphatic hydroxyl groups excluding tert-OH is 1. The van der Waals surface area contributed by atoms with E-state index in [0.29, 0.717) is 28.8 Å². The van der Waals surface area contributed by atoms with Gasteiger partial charge >= 0.3 is 0 Å². The molecule has 0 aromatic heterocycles. The van der Waals surface area contributed by atoms with Crippen molar-refractivity contribution in [1.82, 2.24) is 0 Å². The summed E-state index contributed by atoms with van der Waals surface area (Å²) in [7, 11) is 0. The maximum atomic E-state index is 9.71. The van der Waals surface area contributed by atoms with Gasteiger partial charge in [0, 0.05) is 0 Å². The average Bonchev–Trinajstić information content (AvgIpc) is 2.68. The van der Waals surface area contributed by atoms with Crippen molar-refractivity contribution in [3.05, 3.63) is 11.6 Å². The van der Waals surface area contributed by atoms with Gasteiger partial charge in [-0.3, -0.25) is 0 Å². The quantitative estimate of drug-likeness (QED) is 0.677. The molecule has 4 aliphatic rings. The van der Waals surface area contributed by atoms with Gasteiger partial charge in [0.1, 0.15) is 0 Å². The van der Waals surface area contributed by atoms with Crippen LogP contribution < -0.4 is 0 Å². The molecule has 1 N–H and O–H groups in total. The molecular formula is C20H32O. The van der Waals surface area contributed by atoms with Gasteiger partial charge in [-0.25, -0.2) is 0 Å². The lowest BCUT2D eigenvalue weighted by Crippen LogP contribution is -2.55. The molecule has 0 aromatic carbocycles. The van der Waals surface area contributed by atoms with E-state index in [1.807, 2.05) is 0 Å². The van der Waals surface area contributed by atoms with Crippen LogP contribution in [-0.2, 0) is 0 Å². The van der Waals surface area contributed by atoms with Crippen molar-refractivity contribution in [3.63, 3.8) is 0 Å². The van der Waals surface area contributed by atoms with Crippen LogP contribution in [0.25, 0.3) is 0 Å².